The van der Waals surface area contributed by atoms with Crippen molar-refractivity contribution in [2.45, 2.75) is 174 Å². The fourth-order valence-electron chi connectivity index (χ4n) is 10.8. The van der Waals surface area contributed by atoms with Gasteiger partial charge in [-0.3, -0.25) is 43.3 Å². The Morgan fingerprint density at radius 1 is 0.893 bits per heavy atom. The number of H-pyrrole nitrogens is 1. The van der Waals surface area contributed by atoms with Gasteiger partial charge in [0.25, 0.3) is 17.7 Å². The van der Waals surface area contributed by atoms with E-state index in [2.05, 4.69) is 15.6 Å². The number of para-hydroxylation sites is 1. The molecule has 3 fully saturated rings. The number of hydroxylamine groups is 4. The number of aliphatic hydroxyl groups excluding tert-OH is 1. The standard InChI is InChI=1S/C54H84N8O13/c1-11-34(4)48(59(8)54(71)47(33(2)3)57-52(69)49(36(6)63)58(7)26-16-12-13-23-46(67)75-62-43(64)24-25-44(62)65)42(72-9)31-45(66)60-27-19-22-41(60)50(73-10)35(5)51(68)56-40(53(70)61-28-17-18-29-74-61)30-37-32-55-39-21-15-14-20-38(37)39/h14-15,20-21,32-36,40-42,47-50,55,63H,11-13,16-19,22-31H2,1-10H3,(H,56,68)(H,57,69)/t34-,35+,36+,40-,41-,42+,47-,48-,49-,50+/m0/s1. The van der Waals surface area contributed by atoms with Gasteiger partial charge in [0.05, 0.1) is 49.3 Å². The maximum absolute atomic E-state index is 14.6. The number of ether oxygens (including phenoxy) is 2. The summed E-state index contributed by atoms with van der Waals surface area (Å²) in [6, 6.07) is 3.76. The minimum absolute atomic E-state index is 0.00908. The predicted octanol–water partition coefficient (Wildman–Crippen LogP) is 3.66. The number of likely N-dealkylation sites (tertiary alicyclic amines) is 1. The zero-order valence-electron chi connectivity index (χ0n) is 45.8. The van der Waals surface area contributed by atoms with Gasteiger partial charge in [0, 0.05) is 77.1 Å². The second kappa shape index (κ2) is 28.6. The van der Waals surface area contributed by atoms with E-state index in [-0.39, 0.29) is 61.7 Å². The number of rotatable bonds is 28. The lowest BCUT2D eigenvalue weighted by Gasteiger charge is -2.41. The van der Waals surface area contributed by atoms with E-state index in [4.69, 9.17) is 19.1 Å². The van der Waals surface area contributed by atoms with Crippen molar-refractivity contribution in [3.8, 4) is 0 Å². The van der Waals surface area contributed by atoms with Gasteiger partial charge in [0.15, 0.2) is 0 Å². The number of aromatic amines is 1. The van der Waals surface area contributed by atoms with Gasteiger partial charge in [-0.15, -0.1) is 5.06 Å². The molecule has 7 amide bonds. The number of carbonyl (C=O) groups excluding carboxylic acids is 8. The van der Waals surface area contributed by atoms with E-state index in [1.54, 1.807) is 35.7 Å². The van der Waals surface area contributed by atoms with Crippen LogP contribution in [0.25, 0.3) is 10.9 Å². The summed E-state index contributed by atoms with van der Waals surface area (Å²) in [5, 5.41) is 19.6. The van der Waals surface area contributed by atoms with Crippen LogP contribution in [0, 0.1) is 17.8 Å². The van der Waals surface area contributed by atoms with Crippen molar-refractivity contribution in [2.75, 3.05) is 54.6 Å². The van der Waals surface area contributed by atoms with Crippen molar-refractivity contribution >= 4 is 58.2 Å². The number of fused-ring (bicyclic) bond motifs is 1. The molecule has 21 nitrogen and oxygen atoms in total. The summed E-state index contributed by atoms with van der Waals surface area (Å²) in [6.45, 7) is 12.5. The fraction of sp³-hybridized carbons (Fsp3) is 0.704. The van der Waals surface area contributed by atoms with Gasteiger partial charge in [-0.2, -0.15) is 0 Å². The highest BCUT2D eigenvalue weighted by Gasteiger charge is 2.44. The molecule has 0 unspecified atom stereocenters. The number of unbranched alkanes of at least 4 members (excludes halogenated alkanes) is 2. The second-order valence-corrected chi connectivity index (χ2v) is 20.9. The molecule has 3 aliphatic heterocycles. The van der Waals surface area contributed by atoms with Crippen LogP contribution in [-0.2, 0) is 63.9 Å². The molecule has 75 heavy (non-hydrogen) atoms. The van der Waals surface area contributed by atoms with Gasteiger partial charge in [0.1, 0.15) is 18.1 Å². The van der Waals surface area contributed by atoms with Crippen LogP contribution < -0.4 is 10.6 Å². The molecule has 0 bridgehead atoms. The summed E-state index contributed by atoms with van der Waals surface area (Å²) in [5.74, 6) is -4.96. The number of nitrogens with zero attached hydrogens (tertiary/aromatic N) is 5. The number of aromatic nitrogens is 1. The van der Waals surface area contributed by atoms with E-state index in [1.807, 2.05) is 58.2 Å². The molecular weight excluding hydrogens is 969 g/mol. The number of hydrogen-bond donors (Lipinski definition) is 4. The van der Waals surface area contributed by atoms with Crippen LogP contribution in [-0.4, -0.2) is 185 Å². The third-order valence-corrected chi connectivity index (χ3v) is 15.2. The Bertz CT molecular complexity index is 2250. The van der Waals surface area contributed by atoms with Crippen molar-refractivity contribution in [3.63, 3.8) is 0 Å². The zero-order chi connectivity index (χ0) is 55.1. The molecule has 0 radical (unpaired) electrons. The monoisotopic (exact) mass is 1050 g/mol. The number of amides is 7. The molecule has 3 aliphatic rings. The number of imide groups is 1. The molecule has 5 rings (SSSR count). The molecule has 4 N–H and O–H groups in total. The van der Waals surface area contributed by atoms with E-state index < -0.39 is 84.0 Å². The number of carbonyl (C=O) groups is 8. The van der Waals surface area contributed by atoms with Gasteiger partial charge in [-0.25, -0.2) is 9.86 Å². The number of nitrogens with one attached hydrogen (secondary N) is 3. The van der Waals surface area contributed by atoms with Gasteiger partial charge in [0.2, 0.25) is 23.6 Å². The first-order chi connectivity index (χ1) is 35.7. The summed E-state index contributed by atoms with van der Waals surface area (Å²) in [7, 11) is 6.38. The minimum atomic E-state index is -1.11. The highest BCUT2D eigenvalue weighted by molar-refractivity contribution is 6.01. The summed E-state index contributed by atoms with van der Waals surface area (Å²) in [4.78, 5) is 126. The Morgan fingerprint density at radius 2 is 1.60 bits per heavy atom. The van der Waals surface area contributed by atoms with Crippen LogP contribution in [0.15, 0.2) is 30.5 Å². The normalized spacial score (nSPS) is 19.9. The highest BCUT2D eigenvalue weighted by atomic mass is 16.7. The van der Waals surface area contributed by atoms with Crippen LogP contribution >= 0.6 is 0 Å². The Labute approximate surface area is 441 Å². The summed E-state index contributed by atoms with van der Waals surface area (Å²) in [6.07, 6.45) is 4.44. The number of aliphatic hydroxyl groups is 1. The van der Waals surface area contributed by atoms with Gasteiger partial charge < -0.3 is 44.8 Å². The first kappa shape index (κ1) is 60.4. The Balaban J connectivity index is 1.22. The van der Waals surface area contributed by atoms with Gasteiger partial charge in [-0.1, -0.05) is 65.7 Å². The number of hydrogen-bond acceptors (Lipinski definition) is 14. The van der Waals surface area contributed by atoms with E-state index >= 15 is 0 Å². The second-order valence-electron chi connectivity index (χ2n) is 20.9. The third-order valence-electron chi connectivity index (χ3n) is 15.2. The average molecular weight is 1050 g/mol. The molecule has 0 saturated carbocycles. The number of likely N-dealkylation sites (N-methyl/N-ethyl adjacent to an activating group) is 2. The van der Waals surface area contributed by atoms with Crippen LogP contribution in [0.5, 0.6) is 0 Å². The summed E-state index contributed by atoms with van der Waals surface area (Å²) in [5.41, 5.74) is 1.79. The predicted molar refractivity (Wildman–Crippen MR) is 277 cm³/mol. The fourth-order valence-corrected chi connectivity index (χ4v) is 10.8. The summed E-state index contributed by atoms with van der Waals surface area (Å²) < 4.78 is 12.2. The van der Waals surface area contributed by atoms with E-state index in [1.165, 1.54) is 26.2 Å². The first-order valence-corrected chi connectivity index (χ1v) is 26.9. The Kier molecular flexibility index (Phi) is 23.0. The largest absolute Gasteiger partial charge is 0.391 e. The number of benzene rings is 1. The molecule has 10 atom stereocenters. The quantitative estimate of drug-likeness (QED) is 0.0702. The Morgan fingerprint density at radius 3 is 2.23 bits per heavy atom. The molecule has 2 aromatic rings. The van der Waals surface area contributed by atoms with E-state index in [9.17, 15) is 43.5 Å². The molecule has 21 heteroatoms. The minimum Gasteiger partial charge on any atom is -0.391 e. The zero-order valence-corrected chi connectivity index (χ0v) is 45.8. The molecule has 3 saturated heterocycles. The van der Waals surface area contributed by atoms with E-state index in [0.29, 0.717) is 69.8 Å². The van der Waals surface area contributed by atoms with Crippen molar-refractivity contribution in [2.24, 2.45) is 17.8 Å². The first-order valence-electron chi connectivity index (χ1n) is 26.9. The molecule has 1 aromatic carbocycles. The van der Waals surface area contributed by atoms with Gasteiger partial charge >= 0.3 is 5.97 Å². The van der Waals surface area contributed by atoms with Gasteiger partial charge in [-0.05, 0) is 82.5 Å². The highest BCUT2D eigenvalue weighted by Crippen LogP contribution is 2.30. The molecular formula is C54H84N8O13. The average Bonchev–Trinajstić information content (AvgIpc) is 4.13. The third kappa shape index (κ3) is 15.6. The van der Waals surface area contributed by atoms with Crippen LogP contribution in [0.4, 0.5) is 0 Å². The maximum atomic E-state index is 14.6. The smallest absolute Gasteiger partial charge is 0.333 e. The lowest BCUT2D eigenvalue weighted by molar-refractivity contribution is -0.199. The number of methoxy groups -OCH3 is 2. The molecule has 4 heterocycles. The van der Waals surface area contributed by atoms with Crippen molar-refractivity contribution in [1.29, 1.82) is 0 Å². The lowest BCUT2D eigenvalue weighted by Crippen LogP contribution is -2.60. The van der Waals surface area contributed by atoms with Crippen molar-refractivity contribution in [1.82, 2.24) is 40.4 Å². The molecule has 418 valence electrons. The Hall–Kier alpha value is -5.48. The van der Waals surface area contributed by atoms with Crippen LogP contribution in [0.2, 0.25) is 0 Å². The van der Waals surface area contributed by atoms with E-state index in [0.717, 1.165) is 29.3 Å². The van der Waals surface area contributed by atoms with Crippen molar-refractivity contribution in [3.05, 3.63) is 36.0 Å². The molecule has 0 aliphatic carbocycles. The lowest BCUT2D eigenvalue weighted by atomic mass is 9.89. The summed E-state index contributed by atoms with van der Waals surface area (Å²) >= 11 is 0. The molecule has 1 aromatic heterocycles. The van der Waals surface area contributed by atoms with Crippen molar-refractivity contribution < 1.29 is 62.6 Å². The topological polar surface area (TPSA) is 250 Å². The molecule has 0 spiro atoms. The van der Waals surface area contributed by atoms with Crippen LogP contribution in [0.1, 0.15) is 124 Å². The maximum Gasteiger partial charge on any atom is 0.333 e. The van der Waals surface area contributed by atoms with Crippen LogP contribution in [0.3, 0.4) is 0 Å². The SMILES string of the molecule is CC[C@H](C)[C@@H]([C@@H](CC(=O)N1CCC[C@H]1[C@H](OC)[C@@H](C)C(=O)N[C@@H](Cc1c[nH]c2ccccc12)C(=O)N1CCCCO1)OC)N(C)C(=O)[C@@H](NC(=O)[C@H]([C@@H](C)O)N(C)CCCCCC(=O)ON1C(=O)CCC1=O)C(C)C.